The molecule has 82 valence electrons. The molecule has 1 rings (SSSR count). The summed E-state index contributed by atoms with van der Waals surface area (Å²) in [5, 5.41) is 11.4. The number of aromatic hydroxyl groups is 1. The van der Waals surface area contributed by atoms with Crippen molar-refractivity contribution in [1.29, 1.82) is 0 Å². The molecule has 0 aliphatic carbocycles. The second-order valence-corrected chi connectivity index (χ2v) is 3.17. The topological polar surface area (TPSA) is 75.4 Å². The molecule has 1 unspecified atom stereocenters. The van der Waals surface area contributed by atoms with Gasteiger partial charge >= 0.3 is 0 Å². The van der Waals surface area contributed by atoms with Gasteiger partial charge in [-0.05, 0) is 18.6 Å². The molecule has 1 aromatic carbocycles. The lowest BCUT2D eigenvalue weighted by atomic mass is 10.2. The molecule has 15 heavy (non-hydrogen) atoms. The molecule has 0 heterocycles. The summed E-state index contributed by atoms with van der Waals surface area (Å²) in [4.78, 5) is 11.3. The standard InChI is InChI=1S/C10H13FN2O2/c1-2-8(12)10(15)13-6-3-4-9(14)7(11)5-6/h3-5,8,14H,2,12H2,1H3,(H,13,15). The molecule has 0 saturated heterocycles. The van der Waals surface area contributed by atoms with Gasteiger partial charge in [-0.1, -0.05) is 6.92 Å². The first-order valence-corrected chi connectivity index (χ1v) is 4.59. The van der Waals surface area contributed by atoms with Crippen molar-refractivity contribution in [3.05, 3.63) is 24.0 Å². The molecule has 1 atom stereocenters. The third-order valence-corrected chi connectivity index (χ3v) is 1.99. The fraction of sp³-hybridized carbons (Fsp3) is 0.300. The number of hydrogen-bond acceptors (Lipinski definition) is 3. The molecule has 1 amide bonds. The first-order valence-electron chi connectivity index (χ1n) is 4.59. The summed E-state index contributed by atoms with van der Waals surface area (Å²) in [7, 11) is 0. The number of anilines is 1. The number of benzene rings is 1. The van der Waals surface area contributed by atoms with Crippen LogP contribution in [0.25, 0.3) is 0 Å². The van der Waals surface area contributed by atoms with Crippen molar-refractivity contribution in [2.75, 3.05) is 5.32 Å². The highest BCUT2D eigenvalue weighted by Crippen LogP contribution is 2.19. The highest BCUT2D eigenvalue weighted by atomic mass is 19.1. The van der Waals surface area contributed by atoms with E-state index >= 15 is 0 Å². The molecule has 0 aliphatic rings. The van der Waals surface area contributed by atoms with Gasteiger partial charge in [0.15, 0.2) is 11.6 Å². The maximum absolute atomic E-state index is 12.9. The smallest absolute Gasteiger partial charge is 0.241 e. The van der Waals surface area contributed by atoms with Crippen molar-refractivity contribution in [2.24, 2.45) is 5.73 Å². The minimum absolute atomic E-state index is 0.277. The molecule has 0 radical (unpaired) electrons. The Bertz CT molecular complexity index is 368. The van der Waals surface area contributed by atoms with Crippen molar-refractivity contribution < 1.29 is 14.3 Å². The number of phenolic OH excluding ortho intramolecular Hbond substituents is 1. The fourth-order valence-electron chi connectivity index (χ4n) is 1.01. The SMILES string of the molecule is CCC(N)C(=O)Nc1ccc(O)c(F)c1. The lowest BCUT2D eigenvalue weighted by molar-refractivity contribution is -0.117. The van der Waals surface area contributed by atoms with Crippen LogP contribution in [0.4, 0.5) is 10.1 Å². The molecule has 0 spiro atoms. The summed E-state index contributed by atoms with van der Waals surface area (Å²) in [5.74, 6) is -1.60. The third-order valence-electron chi connectivity index (χ3n) is 1.99. The zero-order valence-electron chi connectivity index (χ0n) is 8.33. The van der Waals surface area contributed by atoms with E-state index in [9.17, 15) is 9.18 Å². The van der Waals surface area contributed by atoms with Gasteiger partial charge in [0, 0.05) is 11.8 Å². The van der Waals surface area contributed by atoms with Gasteiger partial charge in [-0.25, -0.2) is 4.39 Å². The zero-order valence-corrected chi connectivity index (χ0v) is 8.33. The summed E-state index contributed by atoms with van der Waals surface area (Å²) in [5.41, 5.74) is 5.75. The molecule has 4 nitrogen and oxygen atoms in total. The van der Waals surface area contributed by atoms with E-state index in [1.807, 2.05) is 0 Å². The molecule has 5 heteroatoms. The van der Waals surface area contributed by atoms with Crippen LogP contribution < -0.4 is 11.1 Å². The second-order valence-electron chi connectivity index (χ2n) is 3.17. The van der Waals surface area contributed by atoms with E-state index in [0.29, 0.717) is 6.42 Å². The fourth-order valence-corrected chi connectivity index (χ4v) is 1.01. The van der Waals surface area contributed by atoms with Crippen molar-refractivity contribution in [1.82, 2.24) is 0 Å². The molecule has 4 N–H and O–H groups in total. The monoisotopic (exact) mass is 212 g/mol. The summed E-state index contributed by atoms with van der Waals surface area (Å²) in [6.45, 7) is 1.78. The number of rotatable bonds is 3. The molecule has 0 aromatic heterocycles. The van der Waals surface area contributed by atoms with E-state index in [2.05, 4.69) is 5.32 Å². The molecular formula is C10H13FN2O2. The number of amides is 1. The Morgan fingerprint density at radius 1 is 1.67 bits per heavy atom. The zero-order chi connectivity index (χ0) is 11.4. The van der Waals surface area contributed by atoms with Crippen LogP contribution in [-0.2, 0) is 4.79 Å². The van der Waals surface area contributed by atoms with Crippen LogP contribution in [-0.4, -0.2) is 17.1 Å². The highest BCUT2D eigenvalue weighted by molar-refractivity contribution is 5.94. The van der Waals surface area contributed by atoms with Gasteiger partial charge in [0.05, 0.1) is 6.04 Å². The number of phenols is 1. The first kappa shape index (κ1) is 11.5. The summed E-state index contributed by atoms with van der Waals surface area (Å²) in [6, 6.07) is 3.00. The normalized spacial score (nSPS) is 12.2. The Labute approximate surface area is 86.9 Å². The van der Waals surface area contributed by atoms with Gasteiger partial charge in [-0.15, -0.1) is 0 Å². The minimum atomic E-state index is -0.780. The number of nitrogens with one attached hydrogen (secondary N) is 1. The van der Waals surface area contributed by atoms with Crippen LogP contribution in [0.3, 0.4) is 0 Å². The van der Waals surface area contributed by atoms with E-state index in [1.165, 1.54) is 12.1 Å². The maximum Gasteiger partial charge on any atom is 0.241 e. The maximum atomic E-state index is 12.9. The van der Waals surface area contributed by atoms with Gasteiger partial charge in [0.1, 0.15) is 0 Å². The van der Waals surface area contributed by atoms with Crippen molar-refractivity contribution in [3.63, 3.8) is 0 Å². The molecule has 0 saturated carbocycles. The predicted octanol–water partition coefficient (Wildman–Crippen LogP) is 1.21. The Morgan fingerprint density at radius 2 is 2.33 bits per heavy atom. The van der Waals surface area contributed by atoms with E-state index in [0.717, 1.165) is 6.07 Å². The number of nitrogens with two attached hydrogens (primary N) is 1. The van der Waals surface area contributed by atoms with Crippen molar-refractivity contribution >= 4 is 11.6 Å². The molecule has 0 bridgehead atoms. The average molecular weight is 212 g/mol. The quantitative estimate of drug-likeness (QED) is 0.659. The summed E-state index contributed by atoms with van der Waals surface area (Å²) >= 11 is 0. The number of carbonyl (C=O) groups excluding carboxylic acids is 1. The molecular weight excluding hydrogens is 199 g/mol. The van der Waals surface area contributed by atoms with Crippen LogP contribution >= 0.6 is 0 Å². The van der Waals surface area contributed by atoms with Crippen LogP contribution in [0.5, 0.6) is 5.75 Å². The van der Waals surface area contributed by atoms with Gasteiger partial charge in [-0.2, -0.15) is 0 Å². The largest absolute Gasteiger partial charge is 0.505 e. The third kappa shape index (κ3) is 2.92. The summed E-state index contributed by atoms with van der Waals surface area (Å²) < 4.78 is 12.9. The molecule has 1 aromatic rings. The number of hydrogen-bond donors (Lipinski definition) is 3. The van der Waals surface area contributed by atoms with E-state index in [4.69, 9.17) is 10.8 Å². The van der Waals surface area contributed by atoms with Gasteiger partial charge < -0.3 is 16.2 Å². The second kappa shape index (κ2) is 4.75. The summed E-state index contributed by atoms with van der Waals surface area (Å²) in [6.07, 6.45) is 0.506. The predicted molar refractivity (Wildman–Crippen MR) is 55.0 cm³/mol. The molecule has 0 fully saturated rings. The Kier molecular flexibility index (Phi) is 3.62. The van der Waals surface area contributed by atoms with Crippen LogP contribution in [0.15, 0.2) is 18.2 Å². The number of carbonyl (C=O) groups is 1. The lowest BCUT2D eigenvalue weighted by Gasteiger charge is -2.10. The lowest BCUT2D eigenvalue weighted by Crippen LogP contribution is -2.34. The van der Waals surface area contributed by atoms with E-state index in [-0.39, 0.29) is 11.6 Å². The Morgan fingerprint density at radius 3 is 2.87 bits per heavy atom. The van der Waals surface area contributed by atoms with Gasteiger partial charge in [0.2, 0.25) is 5.91 Å². The van der Waals surface area contributed by atoms with Crippen LogP contribution in [0, 0.1) is 5.82 Å². The Hall–Kier alpha value is -1.62. The van der Waals surface area contributed by atoms with Crippen molar-refractivity contribution in [3.8, 4) is 5.75 Å². The first-order chi connectivity index (χ1) is 7.04. The Balaban J connectivity index is 2.73. The highest BCUT2D eigenvalue weighted by Gasteiger charge is 2.11. The van der Waals surface area contributed by atoms with Crippen molar-refractivity contribution in [2.45, 2.75) is 19.4 Å². The van der Waals surface area contributed by atoms with E-state index in [1.54, 1.807) is 6.92 Å². The van der Waals surface area contributed by atoms with Crippen LogP contribution in [0.1, 0.15) is 13.3 Å². The van der Waals surface area contributed by atoms with Gasteiger partial charge in [-0.3, -0.25) is 4.79 Å². The van der Waals surface area contributed by atoms with Gasteiger partial charge in [0.25, 0.3) is 0 Å². The van der Waals surface area contributed by atoms with E-state index < -0.39 is 17.6 Å². The number of halogens is 1. The van der Waals surface area contributed by atoms with Crippen LogP contribution in [0.2, 0.25) is 0 Å². The average Bonchev–Trinajstić information content (AvgIpc) is 2.22. The minimum Gasteiger partial charge on any atom is -0.505 e. The molecule has 0 aliphatic heterocycles.